The molecular weight excluding hydrogens is 486 g/mol. The molecule has 1 amide bonds. The summed E-state index contributed by atoms with van der Waals surface area (Å²) in [7, 11) is 0. The Hall–Kier alpha value is -3.42. The van der Waals surface area contributed by atoms with E-state index in [4.69, 9.17) is 14.2 Å². The maximum absolute atomic E-state index is 14.0. The van der Waals surface area contributed by atoms with Gasteiger partial charge in [0.15, 0.2) is 6.10 Å². The van der Waals surface area contributed by atoms with Crippen LogP contribution >= 0.6 is 0 Å². The molecule has 0 spiro atoms. The molecule has 1 N–H and O–H groups in total. The Morgan fingerprint density at radius 1 is 1.11 bits per heavy atom. The van der Waals surface area contributed by atoms with Gasteiger partial charge in [0, 0.05) is 19.5 Å². The molecule has 4 rings (SSSR count). The fourth-order valence-electron chi connectivity index (χ4n) is 6.97. The maximum Gasteiger partial charge on any atom is 0.337 e. The van der Waals surface area contributed by atoms with Crippen LogP contribution in [-0.2, 0) is 33.4 Å². The van der Waals surface area contributed by atoms with Crippen LogP contribution in [0.2, 0.25) is 0 Å². The zero-order valence-electron chi connectivity index (χ0n) is 22.6. The summed E-state index contributed by atoms with van der Waals surface area (Å²) < 4.78 is 16.2. The first-order valence-corrected chi connectivity index (χ1v) is 13.2. The summed E-state index contributed by atoms with van der Waals surface area (Å²) in [4.78, 5) is 50.0. The van der Waals surface area contributed by atoms with Crippen LogP contribution in [0.25, 0.3) is 0 Å². The molecular formula is C30H37NO7. The normalized spacial score (nSPS) is 33.7. The lowest BCUT2D eigenvalue weighted by molar-refractivity contribution is -0.181. The third kappa shape index (κ3) is 5.13. The van der Waals surface area contributed by atoms with Gasteiger partial charge in [-0.25, -0.2) is 4.79 Å². The molecule has 0 radical (unpaired) electrons. The van der Waals surface area contributed by atoms with Crippen LogP contribution in [0.3, 0.4) is 0 Å². The Morgan fingerprint density at radius 3 is 2.45 bits per heavy atom. The number of carbonyl (C=O) groups is 4. The Labute approximate surface area is 223 Å². The molecule has 3 aliphatic rings. The van der Waals surface area contributed by atoms with E-state index in [2.05, 4.69) is 18.8 Å². The van der Waals surface area contributed by atoms with E-state index in [1.165, 1.54) is 13.8 Å². The van der Waals surface area contributed by atoms with Gasteiger partial charge in [0.1, 0.15) is 12.7 Å². The number of esters is 3. The number of hydrogen-bond donors (Lipinski definition) is 1. The first-order chi connectivity index (χ1) is 18.0. The lowest BCUT2D eigenvalue weighted by atomic mass is 9.45. The van der Waals surface area contributed by atoms with Crippen molar-refractivity contribution in [2.24, 2.45) is 22.7 Å². The molecule has 0 unspecified atom stereocenters. The number of allylic oxidation sites excluding steroid dienone is 2. The van der Waals surface area contributed by atoms with E-state index in [9.17, 15) is 19.2 Å². The number of fused-ring (bicyclic) bond motifs is 1. The van der Waals surface area contributed by atoms with Gasteiger partial charge < -0.3 is 19.5 Å². The average Bonchev–Trinajstić information content (AvgIpc) is 3.19. The van der Waals surface area contributed by atoms with Gasteiger partial charge in [-0.2, -0.15) is 0 Å². The van der Waals surface area contributed by atoms with Crippen molar-refractivity contribution in [1.29, 1.82) is 0 Å². The predicted molar refractivity (Wildman–Crippen MR) is 141 cm³/mol. The van der Waals surface area contributed by atoms with Crippen molar-refractivity contribution in [3.8, 4) is 0 Å². The van der Waals surface area contributed by atoms with Crippen molar-refractivity contribution in [3.05, 3.63) is 54.1 Å². The summed E-state index contributed by atoms with van der Waals surface area (Å²) in [6.45, 7) is 11.2. The fraction of sp³-hybridized carbons (Fsp3) is 0.533. The molecule has 1 aromatic carbocycles. The lowest BCUT2D eigenvalue weighted by Gasteiger charge is -2.59. The quantitative estimate of drug-likeness (QED) is 0.248. The number of carbonyl (C=O) groups excluding carboxylic acids is 4. The zero-order valence-corrected chi connectivity index (χ0v) is 22.6. The van der Waals surface area contributed by atoms with Crippen LogP contribution < -0.4 is 5.32 Å². The number of ether oxygens (including phenoxy) is 3. The summed E-state index contributed by atoms with van der Waals surface area (Å²) in [5.74, 6) is -1.67. The first kappa shape index (κ1) is 27.6. The van der Waals surface area contributed by atoms with Crippen LogP contribution in [0.15, 0.2) is 54.1 Å². The summed E-state index contributed by atoms with van der Waals surface area (Å²) in [6.07, 6.45) is 3.74. The smallest absolute Gasteiger partial charge is 0.337 e. The summed E-state index contributed by atoms with van der Waals surface area (Å²) in [5.41, 5.74) is 0.772. The molecule has 1 heterocycles. The fourth-order valence-corrected chi connectivity index (χ4v) is 6.97. The van der Waals surface area contributed by atoms with Gasteiger partial charge in [0.25, 0.3) is 0 Å². The molecule has 204 valence electrons. The van der Waals surface area contributed by atoms with Crippen LogP contribution in [0.5, 0.6) is 0 Å². The zero-order chi connectivity index (χ0) is 27.7. The van der Waals surface area contributed by atoms with E-state index in [1.807, 2.05) is 43.3 Å². The topological polar surface area (TPSA) is 108 Å². The molecule has 2 aliphatic carbocycles. The maximum atomic E-state index is 14.0. The van der Waals surface area contributed by atoms with Crippen LogP contribution in [-0.4, -0.2) is 42.6 Å². The number of hydrogen-bond acceptors (Lipinski definition) is 7. The minimum absolute atomic E-state index is 0.0115. The molecule has 1 aromatic rings. The number of benzene rings is 1. The van der Waals surface area contributed by atoms with Crippen molar-refractivity contribution in [1.82, 2.24) is 0 Å². The number of cyclic esters (lactones) is 1. The van der Waals surface area contributed by atoms with E-state index in [0.717, 1.165) is 18.4 Å². The Balaban J connectivity index is 1.67. The minimum Gasteiger partial charge on any atom is -0.461 e. The van der Waals surface area contributed by atoms with Crippen molar-refractivity contribution < 1.29 is 33.4 Å². The van der Waals surface area contributed by atoms with Crippen molar-refractivity contribution in [2.45, 2.75) is 72.0 Å². The van der Waals surface area contributed by atoms with Crippen LogP contribution in [0, 0.1) is 22.7 Å². The highest BCUT2D eigenvalue weighted by atomic mass is 16.6. The number of anilines is 1. The molecule has 8 heteroatoms. The highest BCUT2D eigenvalue weighted by Crippen LogP contribution is 2.62. The molecule has 3 fully saturated rings. The number of amides is 1. The van der Waals surface area contributed by atoms with E-state index >= 15 is 0 Å². The monoisotopic (exact) mass is 523 g/mol. The molecule has 8 nitrogen and oxygen atoms in total. The molecule has 6 atom stereocenters. The van der Waals surface area contributed by atoms with E-state index in [-0.39, 0.29) is 29.8 Å². The number of rotatable bonds is 6. The number of nitrogens with one attached hydrogen (secondary N) is 1. The van der Waals surface area contributed by atoms with E-state index in [0.29, 0.717) is 30.5 Å². The largest absolute Gasteiger partial charge is 0.461 e. The second kappa shape index (κ2) is 10.8. The third-order valence-electron chi connectivity index (χ3n) is 8.84. The van der Waals surface area contributed by atoms with Crippen LogP contribution in [0.4, 0.5) is 5.69 Å². The Bertz CT molecular complexity index is 1160. The molecule has 2 saturated carbocycles. The van der Waals surface area contributed by atoms with Gasteiger partial charge in [0.05, 0.1) is 11.0 Å². The second-order valence-electron chi connectivity index (χ2n) is 11.1. The van der Waals surface area contributed by atoms with E-state index in [1.54, 1.807) is 0 Å². The van der Waals surface area contributed by atoms with E-state index < -0.39 is 35.5 Å². The second-order valence-corrected chi connectivity index (χ2v) is 11.1. The predicted octanol–water partition coefficient (Wildman–Crippen LogP) is 4.75. The van der Waals surface area contributed by atoms with Crippen molar-refractivity contribution >= 4 is 29.5 Å². The van der Waals surface area contributed by atoms with Gasteiger partial charge in [-0.3, -0.25) is 14.4 Å². The summed E-state index contributed by atoms with van der Waals surface area (Å²) >= 11 is 0. The summed E-state index contributed by atoms with van der Waals surface area (Å²) in [6, 6.07) is 9.27. The SMILES string of the molecule is C=C1CC[C@H]2[C@@](C)(CC[C@@H](OC(C)=O)[C@@]2(C)C(=O)Nc2ccccc2)[C@@H]1C/C=C1/C(=O)OC[C@H]1OC(C)=O. The standard InChI is InChI=1S/C30H37NO7/c1-18-11-14-25-29(4,23(18)13-12-22-24(37-19(2)32)17-36-27(22)34)16-15-26(38-20(3)33)30(25,5)28(35)31-21-9-7-6-8-10-21/h6-10,12,23-26H,1,11,13-17H2,2-5H3,(H,31,35)/b22-12+/t23-,24-,25+,26-,29+,30+/m1/s1. The van der Waals surface area contributed by atoms with Gasteiger partial charge in [-0.05, 0) is 68.4 Å². The lowest BCUT2D eigenvalue weighted by Crippen LogP contribution is -2.61. The first-order valence-electron chi connectivity index (χ1n) is 13.2. The molecule has 1 saturated heterocycles. The van der Waals surface area contributed by atoms with Crippen molar-refractivity contribution in [2.75, 3.05) is 11.9 Å². The number of para-hydroxylation sites is 1. The minimum atomic E-state index is -0.979. The highest BCUT2D eigenvalue weighted by molar-refractivity contribution is 5.96. The van der Waals surface area contributed by atoms with Gasteiger partial charge >= 0.3 is 17.9 Å². The Kier molecular flexibility index (Phi) is 7.81. The van der Waals surface area contributed by atoms with Gasteiger partial charge in [-0.1, -0.05) is 43.4 Å². The van der Waals surface area contributed by atoms with Crippen molar-refractivity contribution in [3.63, 3.8) is 0 Å². The Morgan fingerprint density at radius 2 is 1.79 bits per heavy atom. The third-order valence-corrected chi connectivity index (χ3v) is 8.84. The molecule has 0 bridgehead atoms. The van der Waals surface area contributed by atoms with Gasteiger partial charge in [0.2, 0.25) is 5.91 Å². The molecule has 1 aliphatic heterocycles. The van der Waals surface area contributed by atoms with Gasteiger partial charge in [-0.15, -0.1) is 0 Å². The highest BCUT2D eigenvalue weighted by Gasteiger charge is 2.62. The summed E-state index contributed by atoms with van der Waals surface area (Å²) in [5, 5.41) is 3.06. The molecule has 38 heavy (non-hydrogen) atoms. The van der Waals surface area contributed by atoms with Crippen LogP contribution in [0.1, 0.15) is 59.8 Å². The average molecular weight is 524 g/mol. The molecule has 0 aromatic heterocycles.